The van der Waals surface area contributed by atoms with Crippen LogP contribution < -0.4 is 0 Å². The van der Waals surface area contributed by atoms with Gasteiger partial charge in [-0.05, 0) is 41.5 Å². The second-order valence-corrected chi connectivity index (χ2v) is 8.29. The van der Waals surface area contributed by atoms with E-state index in [1.54, 1.807) is 28.8 Å². The zero-order chi connectivity index (χ0) is 22.6. The van der Waals surface area contributed by atoms with Crippen molar-refractivity contribution in [1.29, 1.82) is 0 Å². The summed E-state index contributed by atoms with van der Waals surface area (Å²) in [7, 11) is 1.55. The van der Waals surface area contributed by atoms with Crippen molar-refractivity contribution in [1.82, 2.24) is 14.7 Å². The molecule has 32 heavy (non-hydrogen) atoms. The average Bonchev–Trinajstić information content (AvgIpc) is 3.32. The number of carbonyl (C=O) groups is 1. The maximum atomic E-state index is 14.5. The average molecular weight is 441 g/mol. The highest BCUT2D eigenvalue weighted by atomic mass is 19.1. The SMILES string of the molecule is CO[C@@H]1Cc2c(F)cc(F)cc2[C@H]1n1nc(-c2ccc(F)cc2)c2c1CCN(C(C)=O)C2. The first kappa shape index (κ1) is 20.8. The highest BCUT2D eigenvalue weighted by Crippen LogP contribution is 2.41. The van der Waals surface area contributed by atoms with E-state index in [1.807, 2.05) is 0 Å². The second kappa shape index (κ2) is 7.78. The molecule has 0 spiro atoms. The van der Waals surface area contributed by atoms with Crippen molar-refractivity contribution in [2.24, 2.45) is 0 Å². The molecule has 0 unspecified atom stereocenters. The van der Waals surface area contributed by atoms with Crippen LogP contribution in [0.5, 0.6) is 0 Å². The third-order valence-electron chi connectivity index (χ3n) is 6.49. The van der Waals surface area contributed by atoms with Crippen LogP contribution in [0.25, 0.3) is 11.3 Å². The summed E-state index contributed by atoms with van der Waals surface area (Å²) in [5.41, 5.74) is 4.04. The van der Waals surface area contributed by atoms with Crippen LogP contribution in [-0.4, -0.2) is 40.3 Å². The monoisotopic (exact) mass is 441 g/mol. The van der Waals surface area contributed by atoms with Crippen molar-refractivity contribution in [3.05, 3.63) is 76.2 Å². The number of fused-ring (bicyclic) bond motifs is 2. The minimum absolute atomic E-state index is 0.0430. The highest BCUT2D eigenvalue weighted by Gasteiger charge is 2.40. The Hall–Kier alpha value is -3.13. The van der Waals surface area contributed by atoms with Crippen molar-refractivity contribution in [3.8, 4) is 11.3 Å². The van der Waals surface area contributed by atoms with Crippen LogP contribution in [0.4, 0.5) is 13.2 Å². The van der Waals surface area contributed by atoms with Crippen LogP contribution >= 0.6 is 0 Å². The van der Waals surface area contributed by atoms with Crippen LogP contribution in [0, 0.1) is 17.5 Å². The van der Waals surface area contributed by atoms with Crippen molar-refractivity contribution in [2.75, 3.05) is 13.7 Å². The number of ether oxygens (including phenoxy) is 1. The molecule has 166 valence electrons. The number of hydrogen-bond acceptors (Lipinski definition) is 3. The van der Waals surface area contributed by atoms with E-state index in [9.17, 15) is 18.0 Å². The third-order valence-corrected chi connectivity index (χ3v) is 6.49. The maximum Gasteiger partial charge on any atom is 0.219 e. The number of carbonyl (C=O) groups excluding carboxylic acids is 1. The molecule has 5 nitrogen and oxygen atoms in total. The summed E-state index contributed by atoms with van der Waals surface area (Å²) in [4.78, 5) is 13.8. The summed E-state index contributed by atoms with van der Waals surface area (Å²) in [6.45, 7) is 2.41. The Bertz CT molecular complexity index is 1210. The lowest BCUT2D eigenvalue weighted by Crippen LogP contribution is -2.35. The van der Waals surface area contributed by atoms with Gasteiger partial charge in [0.1, 0.15) is 23.5 Å². The lowest BCUT2D eigenvalue weighted by atomic mass is 10.00. The Kier molecular flexibility index (Phi) is 5.04. The molecular weight excluding hydrogens is 419 g/mol. The largest absolute Gasteiger partial charge is 0.379 e. The smallest absolute Gasteiger partial charge is 0.219 e. The van der Waals surface area contributed by atoms with Crippen molar-refractivity contribution in [2.45, 2.75) is 38.5 Å². The first-order valence-corrected chi connectivity index (χ1v) is 10.5. The fourth-order valence-corrected chi connectivity index (χ4v) is 4.90. The molecule has 0 bridgehead atoms. The van der Waals surface area contributed by atoms with E-state index in [1.165, 1.54) is 25.1 Å². The molecular formula is C24H22F3N3O2. The maximum absolute atomic E-state index is 14.5. The fraction of sp³-hybridized carbons (Fsp3) is 0.333. The topological polar surface area (TPSA) is 47.4 Å². The molecule has 2 aliphatic rings. The van der Waals surface area contributed by atoms with Crippen molar-refractivity contribution >= 4 is 5.91 Å². The van der Waals surface area contributed by atoms with Gasteiger partial charge in [-0.1, -0.05) is 0 Å². The number of nitrogens with zero attached hydrogens (tertiary/aromatic N) is 3. The third kappa shape index (κ3) is 3.30. The minimum atomic E-state index is -0.648. The van der Waals surface area contributed by atoms with E-state index in [-0.39, 0.29) is 11.7 Å². The fourth-order valence-electron chi connectivity index (χ4n) is 4.90. The van der Waals surface area contributed by atoms with E-state index in [4.69, 9.17) is 9.84 Å². The first-order valence-electron chi connectivity index (χ1n) is 10.5. The Morgan fingerprint density at radius 3 is 2.53 bits per heavy atom. The van der Waals surface area contributed by atoms with Gasteiger partial charge in [0.2, 0.25) is 5.91 Å². The van der Waals surface area contributed by atoms with Crippen molar-refractivity contribution in [3.63, 3.8) is 0 Å². The standard InChI is InChI=1S/C24H22F3N3O2/c1-13(31)29-8-7-21-19(12-29)23(14-3-5-15(25)6-4-14)28-30(21)24-18-9-16(26)10-20(27)17(18)11-22(24)32-2/h3-6,9-10,22,24H,7-8,11-12H2,1-2H3/t22-,24-/m1/s1. The molecule has 1 amide bonds. The molecule has 1 aliphatic heterocycles. The van der Waals surface area contributed by atoms with Crippen LogP contribution in [0.15, 0.2) is 36.4 Å². The Morgan fingerprint density at radius 1 is 1.09 bits per heavy atom. The quantitative estimate of drug-likeness (QED) is 0.617. The molecule has 2 heterocycles. The molecule has 1 aromatic heterocycles. The molecule has 0 N–H and O–H groups in total. The van der Waals surface area contributed by atoms with Gasteiger partial charge in [-0.15, -0.1) is 0 Å². The van der Waals surface area contributed by atoms with Crippen LogP contribution in [0.2, 0.25) is 0 Å². The second-order valence-electron chi connectivity index (χ2n) is 8.29. The van der Waals surface area contributed by atoms with E-state index < -0.39 is 23.8 Å². The van der Waals surface area contributed by atoms with Crippen LogP contribution in [-0.2, 0) is 28.9 Å². The molecule has 3 aromatic rings. The number of rotatable bonds is 3. The molecule has 0 saturated carbocycles. The number of halogens is 3. The summed E-state index contributed by atoms with van der Waals surface area (Å²) < 4.78 is 49.7. The van der Waals surface area contributed by atoms with Gasteiger partial charge in [0.15, 0.2) is 0 Å². The molecule has 2 atom stereocenters. The van der Waals surface area contributed by atoms with E-state index in [0.717, 1.165) is 17.3 Å². The number of benzene rings is 2. The first-order chi connectivity index (χ1) is 15.4. The van der Waals surface area contributed by atoms with Gasteiger partial charge in [-0.2, -0.15) is 5.10 Å². The number of amides is 1. The van der Waals surface area contributed by atoms with Gasteiger partial charge in [0.25, 0.3) is 0 Å². The van der Waals surface area contributed by atoms with Gasteiger partial charge in [-0.3, -0.25) is 9.48 Å². The lowest BCUT2D eigenvalue weighted by molar-refractivity contribution is -0.129. The summed E-state index contributed by atoms with van der Waals surface area (Å²) >= 11 is 0. The molecule has 2 aromatic carbocycles. The van der Waals surface area contributed by atoms with Crippen LogP contribution in [0.3, 0.4) is 0 Å². The van der Waals surface area contributed by atoms with E-state index >= 15 is 0 Å². The minimum Gasteiger partial charge on any atom is -0.379 e. The molecule has 0 fully saturated rings. The van der Waals surface area contributed by atoms with Gasteiger partial charge < -0.3 is 9.64 Å². The zero-order valence-electron chi connectivity index (χ0n) is 17.7. The van der Waals surface area contributed by atoms with Gasteiger partial charge in [-0.25, -0.2) is 13.2 Å². The molecule has 0 saturated heterocycles. The Morgan fingerprint density at radius 2 is 1.84 bits per heavy atom. The van der Waals surface area contributed by atoms with E-state index in [0.29, 0.717) is 48.3 Å². The molecule has 1 aliphatic carbocycles. The Labute approximate surface area is 183 Å². The van der Waals surface area contributed by atoms with E-state index in [2.05, 4.69) is 0 Å². The predicted octanol–water partition coefficient (Wildman–Crippen LogP) is 4.03. The van der Waals surface area contributed by atoms with Crippen LogP contribution in [0.1, 0.15) is 35.3 Å². The zero-order valence-corrected chi connectivity index (χ0v) is 17.7. The number of methoxy groups -OCH3 is 1. The summed E-state index contributed by atoms with van der Waals surface area (Å²) in [5, 5.41) is 4.86. The van der Waals surface area contributed by atoms with Crippen molar-refractivity contribution < 1.29 is 22.7 Å². The number of hydrogen-bond donors (Lipinski definition) is 0. The molecule has 8 heteroatoms. The summed E-state index contributed by atoms with van der Waals surface area (Å²) in [6.07, 6.45) is 0.434. The summed E-state index contributed by atoms with van der Waals surface area (Å²) in [5.74, 6) is -1.64. The normalized spacial score (nSPS) is 19.7. The number of aromatic nitrogens is 2. The summed E-state index contributed by atoms with van der Waals surface area (Å²) in [6, 6.07) is 7.74. The van der Waals surface area contributed by atoms with Gasteiger partial charge >= 0.3 is 0 Å². The Balaban J connectivity index is 1.70. The highest BCUT2D eigenvalue weighted by molar-refractivity contribution is 5.74. The molecule has 0 radical (unpaired) electrons. The predicted molar refractivity (Wildman–Crippen MR) is 111 cm³/mol. The lowest BCUT2D eigenvalue weighted by Gasteiger charge is -2.29. The van der Waals surface area contributed by atoms with Gasteiger partial charge in [0.05, 0.1) is 11.8 Å². The molecule has 5 rings (SSSR count). The van der Waals surface area contributed by atoms with Gasteiger partial charge in [0, 0.05) is 62.9 Å².